The van der Waals surface area contributed by atoms with Crippen LogP contribution >= 0.6 is 0 Å². The number of rotatable bonds is 0. The minimum absolute atomic E-state index is 1.31. The van der Waals surface area contributed by atoms with E-state index in [4.69, 9.17) is 0 Å². The Hall–Kier alpha value is -5.20. The summed E-state index contributed by atoms with van der Waals surface area (Å²) in [7, 11) is 0. The molecule has 0 unspecified atom stereocenters. The lowest BCUT2D eigenvalue weighted by atomic mass is 9.89. The summed E-state index contributed by atoms with van der Waals surface area (Å²) in [5.41, 5.74) is 0. The molecular formula is C40H20. The van der Waals surface area contributed by atoms with Crippen LogP contribution in [0.2, 0.25) is 0 Å². The van der Waals surface area contributed by atoms with Gasteiger partial charge in [0.1, 0.15) is 0 Å². The first-order chi connectivity index (χ1) is 19.8. The zero-order chi connectivity index (χ0) is 25.7. The van der Waals surface area contributed by atoms with Crippen molar-refractivity contribution in [2.45, 2.75) is 0 Å². The lowest BCUT2D eigenvalue weighted by molar-refractivity contribution is 1.81. The molecule has 0 atom stereocenters. The predicted molar refractivity (Wildman–Crippen MR) is 175 cm³/mol. The lowest BCUT2D eigenvalue weighted by Gasteiger charge is -2.14. The third-order valence-corrected chi connectivity index (χ3v) is 9.82. The van der Waals surface area contributed by atoms with Crippen LogP contribution < -0.4 is 0 Å². The first kappa shape index (κ1) is 19.8. The van der Waals surface area contributed by atoms with E-state index in [2.05, 4.69) is 121 Å². The molecule has 11 rings (SSSR count). The quantitative estimate of drug-likeness (QED) is 0.143. The highest BCUT2D eigenvalue weighted by Crippen LogP contribution is 2.48. The van der Waals surface area contributed by atoms with Crippen LogP contribution in [0.4, 0.5) is 0 Å². The number of hydrogen-bond acceptors (Lipinski definition) is 0. The van der Waals surface area contributed by atoms with Gasteiger partial charge in [-0.15, -0.1) is 0 Å². The molecule has 0 saturated carbocycles. The van der Waals surface area contributed by atoms with E-state index >= 15 is 0 Å². The molecule has 0 bridgehead atoms. The molecule has 0 aliphatic rings. The van der Waals surface area contributed by atoms with E-state index in [-0.39, 0.29) is 0 Å². The summed E-state index contributed by atoms with van der Waals surface area (Å²) in [6, 6.07) is 46.2. The second kappa shape index (κ2) is 6.50. The molecular weight excluding hydrogens is 480 g/mol. The van der Waals surface area contributed by atoms with Crippen LogP contribution in [0.25, 0.3) is 108 Å². The fraction of sp³-hybridized carbons (Fsp3) is 0. The first-order valence-corrected chi connectivity index (χ1v) is 14.1. The third kappa shape index (κ3) is 2.13. The van der Waals surface area contributed by atoms with Crippen LogP contribution in [0.1, 0.15) is 0 Å². The van der Waals surface area contributed by atoms with Gasteiger partial charge in [0.25, 0.3) is 0 Å². The normalized spacial score (nSPS) is 13.0. The maximum atomic E-state index is 2.45. The Balaban J connectivity index is 1.34. The maximum absolute atomic E-state index is 2.45. The number of hydrogen-bond donors (Lipinski definition) is 0. The summed E-state index contributed by atoms with van der Waals surface area (Å²) >= 11 is 0. The van der Waals surface area contributed by atoms with Gasteiger partial charge in [-0.25, -0.2) is 0 Å². The molecule has 0 radical (unpaired) electrons. The fourth-order valence-corrected chi connectivity index (χ4v) is 8.21. The Morgan fingerprint density at radius 1 is 0.200 bits per heavy atom. The highest BCUT2D eigenvalue weighted by atomic mass is 14.2. The van der Waals surface area contributed by atoms with Gasteiger partial charge in [0.05, 0.1) is 0 Å². The van der Waals surface area contributed by atoms with E-state index in [9.17, 15) is 0 Å². The third-order valence-electron chi connectivity index (χ3n) is 9.82. The summed E-state index contributed by atoms with van der Waals surface area (Å²) < 4.78 is 0. The van der Waals surface area contributed by atoms with Gasteiger partial charge in [0, 0.05) is 0 Å². The van der Waals surface area contributed by atoms with Gasteiger partial charge in [-0.3, -0.25) is 0 Å². The molecule has 0 heteroatoms. The van der Waals surface area contributed by atoms with Crippen LogP contribution in [0.15, 0.2) is 121 Å². The SMILES string of the molecule is c1cc2cccc3c4cc5cc6c(cc5cc4c(c1)c23)c1ccc2c3cccc4cccc(c5ccc6c1c25)c43. The number of benzene rings is 9. The largest absolute Gasteiger partial charge is 0.0610 e. The van der Waals surface area contributed by atoms with E-state index in [1.165, 1.54) is 108 Å². The Morgan fingerprint density at radius 2 is 0.475 bits per heavy atom. The molecule has 180 valence electrons. The van der Waals surface area contributed by atoms with Crippen molar-refractivity contribution < 1.29 is 0 Å². The van der Waals surface area contributed by atoms with Gasteiger partial charge in [0.15, 0.2) is 0 Å². The van der Waals surface area contributed by atoms with Crippen molar-refractivity contribution in [2.75, 3.05) is 0 Å². The summed E-state index contributed by atoms with van der Waals surface area (Å²) in [6.07, 6.45) is 0. The second-order valence-corrected chi connectivity index (χ2v) is 11.6. The van der Waals surface area contributed by atoms with E-state index in [1.54, 1.807) is 0 Å². The fourth-order valence-electron chi connectivity index (χ4n) is 8.21. The highest BCUT2D eigenvalue weighted by molar-refractivity contribution is 6.42. The monoisotopic (exact) mass is 500 g/mol. The molecule has 0 saturated heterocycles. The standard InChI is InChI=1S/C40H20/c1-5-21-6-2-10-26-30-14-16-32-36-20-24-18-34-28-12-4-8-22-7-3-11-27(38(22)28)33(34)17-23(24)19-35(36)31-15-13-29(39(30)40(31)32)25(9-1)37(21)26/h1-20H. The van der Waals surface area contributed by atoms with E-state index in [0.29, 0.717) is 0 Å². The summed E-state index contributed by atoms with van der Waals surface area (Å²) in [5.74, 6) is 0. The Morgan fingerprint density at radius 3 is 0.825 bits per heavy atom. The first-order valence-electron chi connectivity index (χ1n) is 14.1. The highest BCUT2D eigenvalue weighted by Gasteiger charge is 2.20. The summed E-state index contributed by atoms with van der Waals surface area (Å²) in [4.78, 5) is 0. The second-order valence-electron chi connectivity index (χ2n) is 11.6. The molecule has 11 aromatic rings. The Kier molecular flexibility index (Phi) is 3.22. The van der Waals surface area contributed by atoms with Crippen molar-refractivity contribution in [3.63, 3.8) is 0 Å². The molecule has 0 aliphatic carbocycles. The molecule has 0 spiro atoms. The zero-order valence-corrected chi connectivity index (χ0v) is 21.5. The average Bonchev–Trinajstić information content (AvgIpc) is 3.49. The van der Waals surface area contributed by atoms with Gasteiger partial charge in [-0.05, 0) is 132 Å². The topological polar surface area (TPSA) is 0 Å². The maximum Gasteiger partial charge on any atom is -0.00139 e. The molecule has 40 heavy (non-hydrogen) atoms. The van der Waals surface area contributed by atoms with Crippen LogP contribution in [0.5, 0.6) is 0 Å². The van der Waals surface area contributed by atoms with Crippen molar-refractivity contribution in [1.29, 1.82) is 0 Å². The van der Waals surface area contributed by atoms with Gasteiger partial charge in [-0.1, -0.05) is 97.1 Å². The van der Waals surface area contributed by atoms with Gasteiger partial charge >= 0.3 is 0 Å². The predicted octanol–water partition coefficient (Wildman–Crippen LogP) is 11.5. The smallest absolute Gasteiger partial charge is 0.00139 e. The average molecular weight is 501 g/mol. The van der Waals surface area contributed by atoms with Crippen LogP contribution in [-0.2, 0) is 0 Å². The molecule has 0 heterocycles. The summed E-state index contributed by atoms with van der Waals surface area (Å²) in [6.45, 7) is 0. The molecule has 0 aliphatic heterocycles. The van der Waals surface area contributed by atoms with Crippen LogP contribution in [0, 0.1) is 0 Å². The zero-order valence-electron chi connectivity index (χ0n) is 21.5. The van der Waals surface area contributed by atoms with E-state index in [0.717, 1.165) is 0 Å². The minimum Gasteiger partial charge on any atom is -0.0610 e. The van der Waals surface area contributed by atoms with Gasteiger partial charge in [0.2, 0.25) is 0 Å². The van der Waals surface area contributed by atoms with Crippen molar-refractivity contribution >= 4 is 108 Å². The lowest BCUT2D eigenvalue weighted by Crippen LogP contribution is -1.86. The van der Waals surface area contributed by atoms with Crippen molar-refractivity contribution in [2.24, 2.45) is 0 Å². The minimum atomic E-state index is 1.31. The van der Waals surface area contributed by atoms with Crippen LogP contribution in [0.3, 0.4) is 0 Å². The summed E-state index contributed by atoms with van der Waals surface area (Å²) in [5, 5.41) is 27.2. The Bertz CT molecular complexity index is 2670. The van der Waals surface area contributed by atoms with Crippen molar-refractivity contribution in [1.82, 2.24) is 0 Å². The molecule has 0 fully saturated rings. The molecule has 0 amide bonds. The van der Waals surface area contributed by atoms with Crippen LogP contribution in [-0.4, -0.2) is 0 Å². The molecule has 11 aromatic carbocycles. The van der Waals surface area contributed by atoms with Crippen molar-refractivity contribution in [3.05, 3.63) is 121 Å². The van der Waals surface area contributed by atoms with E-state index < -0.39 is 0 Å². The molecule has 0 aromatic heterocycles. The molecule has 0 N–H and O–H groups in total. The van der Waals surface area contributed by atoms with Gasteiger partial charge in [-0.2, -0.15) is 0 Å². The Labute approximate surface area is 228 Å². The molecule has 0 nitrogen and oxygen atoms in total. The number of fused-ring (bicyclic) bond motifs is 9. The van der Waals surface area contributed by atoms with Crippen molar-refractivity contribution in [3.8, 4) is 0 Å². The van der Waals surface area contributed by atoms with E-state index in [1.807, 2.05) is 0 Å². The van der Waals surface area contributed by atoms with Gasteiger partial charge < -0.3 is 0 Å².